The van der Waals surface area contributed by atoms with Gasteiger partial charge in [-0.25, -0.2) is 4.79 Å². The highest BCUT2D eigenvalue weighted by atomic mass is 32.1. The molecular formula is C52H84N12O15S2. The molecule has 1 rings (SSSR count). The first-order valence-corrected chi connectivity index (χ1v) is 27.5. The molecule has 0 aliphatic carbocycles. The largest absolute Gasteiger partial charge is 0.481 e. The first-order chi connectivity index (χ1) is 37.9. The van der Waals surface area contributed by atoms with Gasteiger partial charge >= 0.3 is 11.9 Å². The number of rotatable bonds is 36. The summed E-state index contributed by atoms with van der Waals surface area (Å²) in [4.78, 5) is 155. The van der Waals surface area contributed by atoms with E-state index in [2.05, 4.69) is 73.1 Å². The molecule has 0 radical (unpaired) electrons. The number of carboxylic acid groups (broad SMARTS) is 1. The number of allylic oxidation sites excluding steroid dienone is 2. The maximum absolute atomic E-state index is 13.5. The predicted molar refractivity (Wildman–Crippen MR) is 305 cm³/mol. The molecule has 10 amide bonds. The summed E-state index contributed by atoms with van der Waals surface area (Å²) in [7, 11) is 0. The SMILES string of the molecule is C/C=C(/C[C@H](C)C(=O)N[C@@H](CS)C(=O)N[C@H](C(=O)OC(S)[C@H](N)C(=O)N[C@@H](C)C(=O)NCC(=O)N[C@@H](CCN)C(=O)N[C@@H](CC(C)C)C(=O)NCC(=O)N[C@@H](CCC(=O)O)C(=O)N[C@@H](CC(C)C)C(N)=O)[C@@H](C)O)c1ccccc1C. The summed E-state index contributed by atoms with van der Waals surface area (Å²) >= 11 is 8.30. The summed E-state index contributed by atoms with van der Waals surface area (Å²) < 4.78 is 5.21. The van der Waals surface area contributed by atoms with Gasteiger partial charge in [0.25, 0.3) is 0 Å². The van der Waals surface area contributed by atoms with Crippen LogP contribution in [0.25, 0.3) is 5.57 Å². The fourth-order valence-corrected chi connectivity index (χ4v) is 8.18. The third-order valence-electron chi connectivity index (χ3n) is 12.2. The van der Waals surface area contributed by atoms with Crippen molar-refractivity contribution in [3.63, 3.8) is 0 Å². The van der Waals surface area contributed by atoms with E-state index in [1.54, 1.807) is 34.6 Å². The van der Waals surface area contributed by atoms with Gasteiger partial charge in [-0.2, -0.15) is 12.6 Å². The molecule has 0 heterocycles. The van der Waals surface area contributed by atoms with Crippen molar-refractivity contribution in [2.24, 2.45) is 35.0 Å². The van der Waals surface area contributed by atoms with Crippen molar-refractivity contribution in [2.75, 3.05) is 25.4 Å². The van der Waals surface area contributed by atoms with E-state index < -0.39 is 156 Å². The van der Waals surface area contributed by atoms with Crippen molar-refractivity contribution in [1.82, 2.24) is 47.9 Å². The lowest BCUT2D eigenvalue weighted by atomic mass is 9.92. The van der Waals surface area contributed by atoms with Crippen LogP contribution in [-0.2, 0) is 62.3 Å². The van der Waals surface area contributed by atoms with Crippen LogP contribution in [0.5, 0.6) is 0 Å². The molecule has 1 unspecified atom stereocenters. The minimum Gasteiger partial charge on any atom is -0.481 e. The topological polar surface area (TPSA) is 441 Å². The molecule has 17 N–H and O–H groups in total. The van der Waals surface area contributed by atoms with Gasteiger partial charge in [-0.3, -0.25) is 52.7 Å². The van der Waals surface area contributed by atoms with Crippen LogP contribution in [0.2, 0.25) is 0 Å². The lowest BCUT2D eigenvalue weighted by Gasteiger charge is -2.27. The fraction of sp³-hybridized carbons (Fsp3) is 0.615. The Hall–Kier alpha value is -6.82. The second kappa shape index (κ2) is 36.5. The number of aliphatic hydroxyl groups is 1. The molecule has 81 heavy (non-hydrogen) atoms. The number of esters is 1. The Labute approximate surface area is 482 Å². The van der Waals surface area contributed by atoms with Crippen LogP contribution >= 0.6 is 25.3 Å². The normalized spacial score (nSPS) is 15.5. The van der Waals surface area contributed by atoms with E-state index in [0.29, 0.717) is 6.42 Å². The van der Waals surface area contributed by atoms with E-state index in [9.17, 15) is 67.7 Å². The number of benzene rings is 1. The summed E-state index contributed by atoms with van der Waals surface area (Å²) in [5, 5.41) is 41.2. The molecule has 0 fully saturated rings. The van der Waals surface area contributed by atoms with E-state index in [1.807, 2.05) is 44.2 Å². The van der Waals surface area contributed by atoms with Gasteiger partial charge < -0.3 is 80.0 Å². The summed E-state index contributed by atoms with van der Waals surface area (Å²) in [6, 6.07) is -3.51. The Morgan fingerprint density at radius 2 is 1.16 bits per heavy atom. The first-order valence-electron chi connectivity index (χ1n) is 26.4. The number of carboxylic acids is 1. The highest BCUT2D eigenvalue weighted by Crippen LogP contribution is 2.26. The van der Waals surface area contributed by atoms with Crippen LogP contribution in [0.3, 0.4) is 0 Å². The lowest BCUT2D eigenvalue weighted by Crippen LogP contribution is -2.58. The second-order valence-electron chi connectivity index (χ2n) is 20.3. The van der Waals surface area contributed by atoms with E-state index >= 15 is 0 Å². The first kappa shape index (κ1) is 72.2. The molecule has 0 saturated carbocycles. The Morgan fingerprint density at radius 3 is 1.65 bits per heavy atom. The van der Waals surface area contributed by atoms with Gasteiger partial charge in [0.15, 0.2) is 11.5 Å². The molecule has 0 aliphatic rings. The summed E-state index contributed by atoms with van der Waals surface area (Å²) in [6.07, 6.45) is -0.108. The summed E-state index contributed by atoms with van der Waals surface area (Å²) in [5.41, 5.74) is 18.4. The number of thiol groups is 2. The van der Waals surface area contributed by atoms with Crippen molar-refractivity contribution in [3.05, 3.63) is 41.5 Å². The average Bonchev–Trinajstić information content (AvgIpc) is 3.39. The standard InChI is InChI=1S/C52H84N12O15S2/c1-10-31(32-14-12-11-13-27(32)6)21-28(7)44(71)63-37(24-80)49(76)64-42(30(9)65)51(78)79-52(81)41(54)50(77)58-29(8)45(72)56-22-38(66)60-34(17-18-53)48(75)62-36(20-26(4)5)46(73)57-23-39(67)59-33(15-16-40(68)69)47(74)61-35(43(55)70)19-25(2)3/h10-14,25-26,28-30,33-37,41-42,52,65,80-81H,15-24,53-54H2,1-9H3,(H2,55,70)(H,56,72)(H,57,73)(H,58,77)(H,59,67)(H,60,66)(H,61,74)(H,62,75)(H,63,71)(H,64,76)(H,68,69)/b31-10-/t28-,29-,30+,33-,34-,35-,36-,37-,41+,42-,52?/m0/s1. The number of carbonyl (C=O) groups is 12. The highest BCUT2D eigenvalue weighted by molar-refractivity contribution is 7.80. The van der Waals surface area contributed by atoms with Crippen LogP contribution in [0, 0.1) is 24.7 Å². The van der Waals surface area contributed by atoms with Crippen LogP contribution in [0.4, 0.5) is 0 Å². The predicted octanol–water partition coefficient (Wildman–Crippen LogP) is -2.70. The van der Waals surface area contributed by atoms with Crippen LogP contribution < -0.4 is 65.1 Å². The number of ether oxygens (including phenoxy) is 1. The van der Waals surface area contributed by atoms with E-state index in [-0.39, 0.29) is 49.8 Å². The zero-order valence-corrected chi connectivity index (χ0v) is 49.1. The number of aryl methyl sites for hydroxylation is 1. The molecule has 1 aromatic carbocycles. The molecule has 29 heteroatoms. The van der Waals surface area contributed by atoms with E-state index in [0.717, 1.165) is 16.7 Å². The van der Waals surface area contributed by atoms with Gasteiger partial charge in [-0.05, 0) is 94.9 Å². The molecule has 0 spiro atoms. The monoisotopic (exact) mass is 1180 g/mol. The number of primary amides is 1. The minimum absolute atomic E-state index is 0.0460. The number of carbonyl (C=O) groups excluding carboxylic acids is 11. The molecule has 27 nitrogen and oxygen atoms in total. The molecule has 0 saturated heterocycles. The summed E-state index contributed by atoms with van der Waals surface area (Å²) in [6.45, 7) is 13.4. The Bertz CT molecular complexity index is 2390. The minimum atomic E-state index is -1.73. The quantitative estimate of drug-likeness (QED) is 0.0185. The molecule has 1 aromatic rings. The van der Waals surface area contributed by atoms with Gasteiger partial charge in [-0.15, -0.1) is 12.6 Å². The van der Waals surface area contributed by atoms with Crippen molar-refractivity contribution in [2.45, 2.75) is 161 Å². The fourth-order valence-electron chi connectivity index (χ4n) is 7.69. The van der Waals surface area contributed by atoms with E-state index in [4.69, 9.17) is 21.9 Å². The Kier molecular flexibility index (Phi) is 32.5. The molecular weight excluding hydrogens is 1100 g/mol. The number of amides is 10. The number of hydrogen-bond donors (Lipinski definition) is 16. The molecule has 0 aliphatic heterocycles. The molecule has 454 valence electrons. The van der Waals surface area contributed by atoms with Gasteiger partial charge in [0.1, 0.15) is 42.3 Å². The highest BCUT2D eigenvalue weighted by Gasteiger charge is 2.36. The van der Waals surface area contributed by atoms with Crippen LogP contribution in [-0.4, -0.2) is 166 Å². The Morgan fingerprint density at radius 1 is 0.654 bits per heavy atom. The number of aliphatic hydroxyl groups excluding tert-OH is 1. The van der Waals surface area contributed by atoms with Gasteiger partial charge in [0.2, 0.25) is 59.1 Å². The van der Waals surface area contributed by atoms with Gasteiger partial charge in [0.05, 0.1) is 19.2 Å². The maximum Gasteiger partial charge on any atom is 0.332 e. The van der Waals surface area contributed by atoms with Gasteiger partial charge in [-0.1, -0.05) is 65.0 Å². The third kappa shape index (κ3) is 26.5. The van der Waals surface area contributed by atoms with Crippen LogP contribution in [0.1, 0.15) is 105 Å². The zero-order chi connectivity index (χ0) is 61.8. The number of nitrogens with one attached hydrogen (secondary N) is 9. The molecule has 0 bridgehead atoms. The average molecular weight is 1180 g/mol. The smallest absolute Gasteiger partial charge is 0.332 e. The molecule has 0 aromatic heterocycles. The zero-order valence-electron chi connectivity index (χ0n) is 47.3. The lowest BCUT2D eigenvalue weighted by molar-refractivity contribution is -0.154. The molecule has 11 atom stereocenters. The van der Waals surface area contributed by atoms with E-state index in [1.165, 1.54) is 13.8 Å². The van der Waals surface area contributed by atoms with Crippen molar-refractivity contribution >= 4 is 102 Å². The van der Waals surface area contributed by atoms with Crippen molar-refractivity contribution in [3.8, 4) is 0 Å². The van der Waals surface area contributed by atoms with Crippen molar-refractivity contribution < 1.29 is 72.5 Å². The maximum atomic E-state index is 13.5. The number of aliphatic carboxylic acids is 1. The number of hydrogen-bond acceptors (Lipinski definition) is 18. The van der Waals surface area contributed by atoms with Crippen LogP contribution in [0.15, 0.2) is 30.3 Å². The second-order valence-corrected chi connectivity index (χ2v) is 21.1. The Balaban J connectivity index is 2.87. The van der Waals surface area contributed by atoms with Crippen molar-refractivity contribution in [1.29, 1.82) is 0 Å². The number of nitrogens with two attached hydrogens (primary N) is 3. The van der Waals surface area contributed by atoms with Gasteiger partial charge in [0, 0.05) is 18.1 Å². The third-order valence-corrected chi connectivity index (χ3v) is 13.0. The summed E-state index contributed by atoms with van der Waals surface area (Å²) in [5.74, 6) is -12.0.